The number of hydrogen-bond acceptors (Lipinski definition) is 4. The van der Waals surface area contributed by atoms with Crippen LogP contribution in [0.1, 0.15) is 48.2 Å². The van der Waals surface area contributed by atoms with Gasteiger partial charge in [0.25, 0.3) is 0 Å². The molecule has 1 aromatic carbocycles. The minimum atomic E-state index is -0.973. The molecule has 2 aromatic rings. The van der Waals surface area contributed by atoms with Gasteiger partial charge in [0.1, 0.15) is 0 Å². The van der Waals surface area contributed by atoms with Gasteiger partial charge in [-0.1, -0.05) is 37.3 Å². The van der Waals surface area contributed by atoms with Crippen molar-refractivity contribution in [3.05, 3.63) is 57.8 Å². The van der Waals surface area contributed by atoms with Crippen molar-refractivity contribution in [2.24, 2.45) is 5.10 Å². The Morgan fingerprint density at radius 1 is 1.24 bits per heavy atom. The van der Waals surface area contributed by atoms with Crippen molar-refractivity contribution in [3.8, 4) is 0 Å². The number of aryl methyl sites for hydroxylation is 1. The van der Waals surface area contributed by atoms with Crippen molar-refractivity contribution in [3.63, 3.8) is 0 Å². The van der Waals surface area contributed by atoms with E-state index < -0.39 is 5.97 Å². The Hall–Kier alpha value is -2.47. The third-order valence-corrected chi connectivity index (χ3v) is 5.22. The van der Waals surface area contributed by atoms with Gasteiger partial charge in [-0.2, -0.15) is 5.10 Å². The van der Waals surface area contributed by atoms with Crippen LogP contribution >= 0.6 is 11.3 Å². The topological polar surface area (TPSA) is 70.0 Å². The largest absolute Gasteiger partial charge is 0.481 e. The van der Waals surface area contributed by atoms with Gasteiger partial charge in [0.15, 0.2) is 0 Å². The van der Waals surface area contributed by atoms with Crippen LogP contribution < -0.4 is 0 Å². The normalized spacial score (nSPS) is 16.8. The summed E-state index contributed by atoms with van der Waals surface area (Å²) in [6, 6.07) is 12.0. The maximum atomic E-state index is 12.5. The number of hydrogen-bond donors (Lipinski definition) is 1. The van der Waals surface area contributed by atoms with Gasteiger partial charge in [-0.05, 0) is 29.0 Å². The van der Waals surface area contributed by atoms with Crippen molar-refractivity contribution >= 4 is 28.9 Å². The second-order valence-electron chi connectivity index (χ2n) is 5.97. The average Bonchev–Trinajstić information content (AvgIpc) is 3.29. The second-order valence-corrected chi connectivity index (χ2v) is 6.92. The number of aliphatic carboxylic acids is 1. The van der Waals surface area contributed by atoms with Gasteiger partial charge in [0.2, 0.25) is 5.91 Å². The molecule has 1 amide bonds. The Labute approximate surface area is 150 Å². The van der Waals surface area contributed by atoms with Gasteiger partial charge in [-0.25, -0.2) is 5.01 Å². The van der Waals surface area contributed by atoms with Crippen LogP contribution in [0.5, 0.6) is 0 Å². The Balaban J connectivity index is 1.86. The number of carboxylic acid groups (broad SMARTS) is 1. The number of amides is 1. The molecule has 0 unspecified atom stereocenters. The van der Waals surface area contributed by atoms with Gasteiger partial charge in [-0.15, -0.1) is 11.3 Å². The molecule has 6 heteroatoms. The van der Waals surface area contributed by atoms with Crippen LogP contribution in [0.2, 0.25) is 0 Å². The Kier molecular flexibility index (Phi) is 5.28. The third-order valence-electron chi connectivity index (χ3n) is 4.30. The van der Waals surface area contributed by atoms with Crippen LogP contribution in [0.4, 0.5) is 0 Å². The van der Waals surface area contributed by atoms with E-state index in [9.17, 15) is 9.59 Å². The minimum Gasteiger partial charge on any atom is -0.481 e. The zero-order valence-corrected chi connectivity index (χ0v) is 14.8. The number of carbonyl (C=O) groups excluding carboxylic acids is 1. The van der Waals surface area contributed by atoms with E-state index in [0.717, 1.165) is 22.6 Å². The quantitative estimate of drug-likeness (QED) is 0.854. The van der Waals surface area contributed by atoms with Gasteiger partial charge in [-0.3, -0.25) is 9.59 Å². The molecule has 1 atom stereocenters. The van der Waals surface area contributed by atoms with Gasteiger partial charge in [0, 0.05) is 12.8 Å². The minimum absolute atomic E-state index is 0.0416. The molecule has 0 aliphatic carbocycles. The third kappa shape index (κ3) is 3.96. The molecule has 1 aromatic heterocycles. The molecule has 1 N–H and O–H groups in total. The zero-order valence-electron chi connectivity index (χ0n) is 14.0. The van der Waals surface area contributed by atoms with Gasteiger partial charge < -0.3 is 5.11 Å². The summed E-state index contributed by atoms with van der Waals surface area (Å²) in [5, 5.41) is 16.8. The van der Waals surface area contributed by atoms with Gasteiger partial charge in [0.05, 0.1) is 23.1 Å². The molecular weight excluding hydrogens is 336 g/mol. The number of hydrazone groups is 1. The smallest absolute Gasteiger partial charge is 0.303 e. The summed E-state index contributed by atoms with van der Waals surface area (Å²) in [4.78, 5) is 24.4. The molecule has 3 rings (SSSR count). The van der Waals surface area contributed by atoms with Crippen molar-refractivity contribution in [2.45, 2.75) is 38.6 Å². The predicted octanol–water partition coefficient (Wildman–Crippen LogP) is 3.85. The van der Waals surface area contributed by atoms with Crippen molar-refractivity contribution < 1.29 is 14.7 Å². The number of thiophene rings is 1. The fourth-order valence-electron chi connectivity index (χ4n) is 2.90. The SMILES string of the molecule is CCc1ccc([C@H]2CC(c3cccs3)=NN2C(=O)CCC(=O)O)cc1. The van der Waals surface area contributed by atoms with Crippen LogP contribution in [0, 0.1) is 0 Å². The van der Waals surface area contributed by atoms with Crippen LogP contribution in [-0.2, 0) is 16.0 Å². The van der Waals surface area contributed by atoms with Crippen molar-refractivity contribution in [1.82, 2.24) is 5.01 Å². The standard InChI is InChI=1S/C19H20N2O3S/c1-2-13-5-7-14(8-6-13)16-12-15(17-4-3-11-25-17)20-21(16)18(22)9-10-19(23)24/h3-8,11,16H,2,9-10,12H2,1H3,(H,23,24)/t16-/m1/s1. The summed E-state index contributed by atoms with van der Waals surface area (Å²) < 4.78 is 0. The lowest BCUT2D eigenvalue weighted by Crippen LogP contribution is -2.27. The second kappa shape index (κ2) is 7.61. The number of nitrogens with zero attached hydrogens (tertiary/aromatic N) is 2. The predicted molar refractivity (Wildman–Crippen MR) is 97.7 cm³/mol. The molecule has 5 nitrogen and oxygen atoms in total. The van der Waals surface area contributed by atoms with Crippen molar-refractivity contribution in [1.29, 1.82) is 0 Å². The lowest BCUT2D eigenvalue weighted by atomic mass is 9.99. The van der Waals surface area contributed by atoms with Crippen molar-refractivity contribution in [2.75, 3.05) is 0 Å². The lowest BCUT2D eigenvalue weighted by Gasteiger charge is -2.22. The molecule has 0 radical (unpaired) electrons. The van der Waals surface area contributed by atoms with E-state index in [1.165, 1.54) is 10.6 Å². The highest BCUT2D eigenvalue weighted by Crippen LogP contribution is 2.34. The Morgan fingerprint density at radius 3 is 2.60 bits per heavy atom. The molecule has 0 spiro atoms. The van der Waals surface area contributed by atoms with Crippen LogP contribution in [0.25, 0.3) is 0 Å². The summed E-state index contributed by atoms with van der Waals surface area (Å²) in [6.07, 6.45) is 1.38. The summed E-state index contributed by atoms with van der Waals surface area (Å²) in [5.74, 6) is -1.22. The molecule has 1 aliphatic rings. The van der Waals surface area contributed by atoms with Crippen LogP contribution in [-0.4, -0.2) is 27.7 Å². The number of benzene rings is 1. The first-order chi connectivity index (χ1) is 12.1. The van der Waals surface area contributed by atoms with E-state index in [-0.39, 0.29) is 24.8 Å². The van der Waals surface area contributed by atoms with Gasteiger partial charge >= 0.3 is 5.97 Å². The first-order valence-electron chi connectivity index (χ1n) is 8.32. The summed E-state index contributed by atoms with van der Waals surface area (Å²) in [5.41, 5.74) is 3.14. The summed E-state index contributed by atoms with van der Waals surface area (Å²) in [6.45, 7) is 2.10. The molecule has 0 bridgehead atoms. The number of rotatable bonds is 6. The molecule has 130 valence electrons. The van der Waals surface area contributed by atoms with E-state index in [4.69, 9.17) is 5.11 Å². The molecule has 1 aliphatic heterocycles. The molecule has 0 saturated heterocycles. The van der Waals surface area contributed by atoms with E-state index >= 15 is 0 Å². The average molecular weight is 356 g/mol. The first-order valence-corrected chi connectivity index (χ1v) is 9.20. The maximum absolute atomic E-state index is 12.5. The van der Waals surface area contributed by atoms with Crippen LogP contribution in [0.15, 0.2) is 46.9 Å². The number of carboxylic acids is 1. The van der Waals surface area contributed by atoms with E-state index in [1.54, 1.807) is 11.3 Å². The number of carbonyl (C=O) groups is 2. The molecule has 0 fully saturated rings. The van der Waals surface area contributed by atoms with E-state index in [1.807, 2.05) is 29.6 Å². The molecule has 25 heavy (non-hydrogen) atoms. The molecule has 0 saturated carbocycles. The molecular formula is C19H20N2O3S. The Bertz CT molecular complexity index is 782. The Morgan fingerprint density at radius 2 is 2.00 bits per heavy atom. The fourth-order valence-corrected chi connectivity index (χ4v) is 3.62. The fraction of sp³-hybridized carbons (Fsp3) is 0.316. The summed E-state index contributed by atoms with van der Waals surface area (Å²) in [7, 11) is 0. The highest BCUT2D eigenvalue weighted by atomic mass is 32.1. The zero-order chi connectivity index (χ0) is 17.8. The highest BCUT2D eigenvalue weighted by Gasteiger charge is 2.33. The van der Waals surface area contributed by atoms with E-state index in [2.05, 4.69) is 24.2 Å². The van der Waals surface area contributed by atoms with E-state index in [0.29, 0.717) is 6.42 Å². The maximum Gasteiger partial charge on any atom is 0.303 e. The lowest BCUT2D eigenvalue weighted by molar-refractivity contribution is -0.141. The monoisotopic (exact) mass is 356 g/mol. The first kappa shape index (κ1) is 17.4. The highest BCUT2D eigenvalue weighted by molar-refractivity contribution is 7.12. The van der Waals surface area contributed by atoms with Crippen LogP contribution in [0.3, 0.4) is 0 Å². The molecule has 2 heterocycles. The summed E-state index contributed by atoms with van der Waals surface area (Å²) >= 11 is 1.59.